The molecule has 0 unspecified atom stereocenters. The van der Waals surface area contributed by atoms with Gasteiger partial charge in [-0.25, -0.2) is 4.79 Å². The van der Waals surface area contributed by atoms with Crippen LogP contribution in [-0.4, -0.2) is 53.2 Å². The summed E-state index contributed by atoms with van der Waals surface area (Å²) in [4.78, 5) is 28.7. The zero-order valence-corrected chi connectivity index (χ0v) is 12.7. The number of aliphatic hydroxyl groups excluding tert-OH is 1. The molecule has 23 heavy (non-hydrogen) atoms. The Bertz CT molecular complexity index is 745. The van der Waals surface area contributed by atoms with Gasteiger partial charge in [0.05, 0.1) is 12.6 Å². The zero-order valence-electron chi connectivity index (χ0n) is 12.7. The first-order chi connectivity index (χ1) is 11.1. The summed E-state index contributed by atoms with van der Waals surface area (Å²) in [6.07, 6.45) is 1.85. The number of ether oxygens (including phenoxy) is 1. The van der Waals surface area contributed by atoms with Gasteiger partial charge in [-0.3, -0.25) is 4.79 Å². The molecule has 2 aliphatic rings. The Morgan fingerprint density at radius 2 is 2.26 bits per heavy atom. The van der Waals surface area contributed by atoms with Crippen molar-refractivity contribution in [3.8, 4) is 0 Å². The van der Waals surface area contributed by atoms with Crippen LogP contribution in [0.3, 0.4) is 0 Å². The van der Waals surface area contributed by atoms with Crippen molar-refractivity contribution >= 4 is 23.0 Å². The largest absolute Gasteiger partial charge is 0.464 e. The number of methoxy groups -OCH3 is 1. The van der Waals surface area contributed by atoms with E-state index in [1.54, 1.807) is 6.07 Å². The fourth-order valence-corrected chi connectivity index (χ4v) is 3.82. The van der Waals surface area contributed by atoms with Crippen LogP contribution in [0.2, 0.25) is 0 Å². The van der Waals surface area contributed by atoms with Crippen molar-refractivity contribution in [2.75, 3.05) is 20.3 Å². The Morgan fingerprint density at radius 3 is 2.96 bits per heavy atom. The molecule has 1 saturated heterocycles. The molecule has 2 aromatic rings. The third kappa shape index (κ3) is 2.15. The molecule has 0 bridgehead atoms. The highest BCUT2D eigenvalue weighted by atomic mass is 16.5. The monoisotopic (exact) mass is 318 g/mol. The number of nitrogens with one attached hydrogen (secondary N) is 1. The van der Waals surface area contributed by atoms with Gasteiger partial charge in [0.15, 0.2) is 11.3 Å². The first kappa shape index (κ1) is 14.3. The number of esters is 1. The predicted octanol–water partition coefficient (Wildman–Crippen LogP) is 1.39. The van der Waals surface area contributed by atoms with Gasteiger partial charge in [-0.15, -0.1) is 0 Å². The van der Waals surface area contributed by atoms with Crippen LogP contribution < -0.4 is 0 Å². The molecule has 2 aromatic heterocycles. The van der Waals surface area contributed by atoms with Crippen LogP contribution in [0.1, 0.15) is 33.9 Å². The van der Waals surface area contributed by atoms with Crippen molar-refractivity contribution < 1.29 is 23.8 Å². The molecular weight excluding hydrogens is 300 g/mol. The fourth-order valence-electron chi connectivity index (χ4n) is 3.82. The van der Waals surface area contributed by atoms with Gasteiger partial charge in [-0.05, 0) is 24.7 Å². The summed E-state index contributed by atoms with van der Waals surface area (Å²) in [7, 11) is 1.31. The van der Waals surface area contributed by atoms with Crippen molar-refractivity contribution in [3.63, 3.8) is 0 Å². The lowest BCUT2D eigenvalue weighted by molar-refractivity contribution is 0.0241. The molecule has 3 heterocycles. The van der Waals surface area contributed by atoms with Crippen LogP contribution in [0.15, 0.2) is 16.5 Å². The lowest BCUT2D eigenvalue weighted by Crippen LogP contribution is -2.55. The average Bonchev–Trinajstić information content (AvgIpc) is 3.18. The third-order valence-electron chi connectivity index (χ3n) is 5.03. The topological polar surface area (TPSA) is 95.8 Å². The van der Waals surface area contributed by atoms with Crippen molar-refractivity contribution in [2.24, 2.45) is 11.8 Å². The van der Waals surface area contributed by atoms with Gasteiger partial charge in [0, 0.05) is 31.3 Å². The number of hydrogen-bond donors (Lipinski definition) is 2. The molecule has 1 aliphatic heterocycles. The molecule has 7 nitrogen and oxygen atoms in total. The standard InChI is InChI=1S/C16H18N2O5/c1-22-16(21)11-5-13-10(17-11)4-14(23-13)15(20)18-6-9-2-8(7-19)3-12(9)18/h4-5,8-9,12,17,19H,2-3,6-7H2,1H3/t8-,9+,12+/m1/s1. The molecule has 122 valence electrons. The number of aliphatic hydroxyl groups is 1. The predicted molar refractivity (Wildman–Crippen MR) is 80.0 cm³/mol. The molecule has 2 fully saturated rings. The number of aromatic amines is 1. The van der Waals surface area contributed by atoms with Crippen LogP contribution in [-0.2, 0) is 4.74 Å². The third-order valence-corrected chi connectivity index (χ3v) is 5.03. The highest BCUT2D eigenvalue weighted by Gasteiger charge is 2.48. The minimum Gasteiger partial charge on any atom is -0.464 e. The molecule has 2 N–H and O–H groups in total. The van der Waals surface area contributed by atoms with Gasteiger partial charge in [0.2, 0.25) is 0 Å². The van der Waals surface area contributed by atoms with Crippen molar-refractivity contribution in [1.29, 1.82) is 0 Å². The van der Waals surface area contributed by atoms with Gasteiger partial charge in [-0.2, -0.15) is 0 Å². The van der Waals surface area contributed by atoms with E-state index in [0.29, 0.717) is 28.6 Å². The Morgan fingerprint density at radius 1 is 1.43 bits per heavy atom. The van der Waals surface area contributed by atoms with Crippen LogP contribution in [0, 0.1) is 11.8 Å². The number of likely N-dealkylation sites (tertiary alicyclic amines) is 1. The summed E-state index contributed by atoms with van der Waals surface area (Å²) in [5.74, 6) is 0.469. The van der Waals surface area contributed by atoms with E-state index < -0.39 is 5.97 Å². The van der Waals surface area contributed by atoms with Crippen molar-refractivity contribution in [3.05, 3.63) is 23.6 Å². The summed E-state index contributed by atoms with van der Waals surface area (Å²) in [6.45, 7) is 0.914. The number of H-pyrrole nitrogens is 1. The highest BCUT2D eigenvalue weighted by molar-refractivity contribution is 5.98. The number of amides is 1. The van der Waals surface area contributed by atoms with E-state index in [0.717, 1.165) is 19.4 Å². The number of aromatic nitrogens is 1. The number of rotatable bonds is 3. The molecule has 0 aromatic carbocycles. The fraction of sp³-hybridized carbons (Fsp3) is 0.500. The Labute approximate surface area is 132 Å². The summed E-state index contributed by atoms with van der Waals surface area (Å²) >= 11 is 0. The van der Waals surface area contributed by atoms with Crippen LogP contribution in [0.4, 0.5) is 0 Å². The minimum absolute atomic E-state index is 0.131. The average molecular weight is 318 g/mol. The van der Waals surface area contributed by atoms with E-state index in [4.69, 9.17) is 4.42 Å². The van der Waals surface area contributed by atoms with E-state index in [1.165, 1.54) is 13.2 Å². The Kier molecular flexibility index (Phi) is 3.19. The normalized spacial score (nSPS) is 26.2. The maximum Gasteiger partial charge on any atom is 0.354 e. The SMILES string of the molecule is COC(=O)c1cc2oc(C(=O)N3C[C@@H]4C[C@@H](CO)C[C@@H]43)cc2[nH]1. The number of nitrogens with zero attached hydrogens (tertiary/aromatic N) is 1. The molecule has 1 saturated carbocycles. The van der Waals surface area contributed by atoms with Crippen LogP contribution >= 0.6 is 0 Å². The molecule has 0 radical (unpaired) electrons. The van der Waals surface area contributed by atoms with E-state index in [-0.39, 0.29) is 24.3 Å². The second-order valence-electron chi connectivity index (χ2n) is 6.37. The van der Waals surface area contributed by atoms with E-state index in [9.17, 15) is 14.7 Å². The first-order valence-corrected chi connectivity index (χ1v) is 7.73. The number of carbonyl (C=O) groups is 2. The zero-order chi connectivity index (χ0) is 16.1. The summed E-state index contributed by atoms with van der Waals surface area (Å²) in [5.41, 5.74) is 1.36. The smallest absolute Gasteiger partial charge is 0.354 e. The molecule has 4 rings (SSSR count). The number of fused-ring (bicyclic) bond motifs is 2. The maximum absolute atomic E-state index is 12.6. The molecule has 1 amide bonds. The molecule has 1 aliphatic carbocycles. The van der Waals surface area contributed by atoms with Gasteiger partial charge in [0.25, 0.3) is 5.91 Å². The molecule has 0 spiro atoms. The molecule has 3 atom stereocenters. The molecular formula is C16H18N2O5. The summed E-state index contributed by atoms with van der Waals surface area (Å²) in [6, 6.07) is 3.37. The number of hydrogen-bond acceptors (Lipinski definition) is 5. The first-order valence-electron chi connectivity index (χ1n) is 7.73. The number of carbonyl (C=O) groups excluding carboxylic acids is 2. The van der Waals surface area contributed by atoms with Gasteiger partial charge in [0.1, 0.15) is 5.69 Å². The Balaban J connectivity index is 1.52. The highest BCUT2D eigenvalue weighted by Crippen LogP contribution is 2.43. The lowest BCUT2D eigenvalue weighted by Gasteiger charge is -2.44. The van der Waals surface area contributed by atoms with E-state index >= 15 is 0 Å². The van der Waals surface area contributed by atoms with Gasteiger partial charge >= 0.3 is 5.97 Å². The second kappa shape index (κ2) is 5.13. The number of furan rings is 1. The summed E-state index contributed by atoms with van der Waals surface area (Å²) in [5, 5.41) is 9.27. The van der Waals surface area contributed by atoms with E-state index in [2.05, 4.69) is 9.72 Å². The van der Waals surface area contributed by atoms with Crippen molar-refractivity contribution in [2.45, 2.75) is 18.9 Å². The van der Waals surface area contributed by atoms with Gasteiger partial charge in [-0.1, -0.05) is 0 Å². The molecule has 7 heteroatoms. The van der Waals surface area contributed by atoms with Crippen LogP contribution in [0.25, 0.3) is 11.1 Å². The van der Waals surface area contributed by atoms with Crippen LogP contribution in [0.5, 0.6) is 0 Å². The van der Waals surface area contributed by atoms with Gasteiger partial charge < -0.3 is 24.1 Å². The maximum atomic E-state index is 12.6. The second-order valence-corrected chi connectivity index (χ2v) is 6.37. The quantitative estimate of drug-likeness (QED) is 0.834. The summed E-state index contributed by atoms with van der Waals surface area (Å²) < 4.78 is 10.2. The minimum atomic E-state index is -0.476. The Hall–Kier alpha value is -2.28. The lowest BCUT2D eigenvalue weighted by atomic mass is 9.91. The van der Waals surface area contributed by atoms with Crippen molar-refractivity contribution in [1.82, 2.24) is 9.88 Å². The van der Waals surface area contributed by atoms with E-state index in [1.807, 2.05) is 4.90 Å².